The quantitative estimate of drug-likeness (QED) is 0.0197. The molecule has 0 aromatic rings. The van der Waals surface area contributed by atoms with E-state index < -0.39 is 57.8 Å². The molecule has 0 amide bonds. The number of unbranched alkanes of at least 4 members (excludes halogenated alkanes) is 21. The monoisotopic (exact) mass is 977 g/mol. The Labute approximate surface area is 414 Å². The predicted octanol–water partition coefficient (Wildman–Crippen LogP) is 15.4. The predicted molar refractivity (Wildman–Crippen MR) is 279 cm³/mol. The molecule has 2 N–H and O–H groups in total. The van der Waals surface area contributed by atoms with Crippen LogP contribution in [0.3, 0.4) is 0 Å². The number of rotatable bonds is 49. The van der Waals surface area contributed by atoms with Crippen LogP contribution in [-0.2, 0) is 42.2 Å². The smallest absolute Gasteiger partial charge is 0.462 e. The summed E-state index contributed by atoms with van der Waals surface area (Å²) in [7, 11) is -4.76. The Kier molecular flexibility index (Phi) is 48.0. The highest BCUT2D eigenvalue weighted by Crippen LogP contribution is 2.43. The number of esters is 3. The largest absolute Gasteiger partial charge is 0.472 e. The van der Waals surface area contributed by atoms with Crippen LogP contribution >= 0.6 is 7.82 Å². The Balaban J connectivity index is 4.84. The van der Waals surface area contributed by atoms with Gasteiger partial charge >= 0.3 is 25.7 Å². The Morgan fingerprint density at radius 3 is 1.28 bits per heavy atom. The van der Waals surface area contributed by atoms with Gasteiger partial charge in [0.15, 0.2) is 6.10 Å². The van der Waals surface area contributed by atoms with Gasteiger partial charge in [0.1, 0.15) is 12.7 Å². The summed E-state index contributed by atoms with van der Waals surface area (Å²) in [4.78, 5) is 48.2. The Morgan fingerprint density at radius 2 is 0.824 bits per heavy atom. The standard InChI is InChI=1S/C56H97O11P/c1-4-7-10-13-16-19-21-23-25-26-28-29-31-34-36-39-42-45-54(58)63-49-53(67-56(60)47-44-41-38-35-32-30-27-24-22-20-17-14-11-8-5-2)51-65-68(61,62)64-50-52(48-57)66-55(59)46-43-40-37-33-18-15-12-9-6-3/h8,11,17,20,23-25,27,32,35,41,44,52-53,57H,4-7,9-10,12-16,18-19,21-22,26,28-31,33-34,36-40,42-43,45-51H2,1-3H3,(H,61,62)/b11-8-,20-17-,25-23-,27-24-,35-32-,44-41-. The molecule has 392 valence electrons. The van der Waals surface area contributed by atoms with Crippen molar-refractivity contribution in [2.45, 2.75) is 238 Å². The lowest BCUT2D eigenvalue weighted by Crippen LogP contribution is -2.30. The van der Waals surface area contributed by atoms with Crippen molar-refractivity contribution in [1.82, 2.24) is 0 Å². The average molecular weight is 977 g/mol. The summed E-state index contributed by atoms with van der Waals surface area (Å²) in [6, 6.07) is 0. The third-order valence-corrected chi connectivity index (χ3v) is 12.1. The fourth-order valence-electron chi connectivity index (χ4n) is 7.07. The van der Waals surface area contributed by atoms with Gasteiger partial charge in [-0.1, -0.05) is 209 Å². The first-order chi connectivity index (χ1) is 33.2. The summed E-state index contributed by atoms with van der Waals surface area (Å²) in [6.07, 6.45) is 54.8. The number of allylic oxidation sites excluding steroid dienone is 11. The Morgan fingerprint density at radius 1 is 0.441 bits per heavy atom. The zero-order valence-corrected chi connectivity index (χ0v) is 43.9. The van der Waals surface area contributed by atoms with Gasteiger partial charge in [0, 0.05) is 12.8 Å². The van der Waals surface area contributed by atoms with E-state index in [1.807, 2.05) is 18.2 Å². The number of hydrogen-bond acceptors (Lipinski definition) is 10. The Hall–Kier alpha value is -3.08. The van der Waals surface area contributed by atoms with Gasteiger partial charge in [0.25, 0.3) is 0 Å². The second-order valence-corrected chi connectivity index (χ2v) is 19.1. The molecule has 0 fully saturated rings. The van der Waals surface area contributed by atoms with E-state index >= 15 is 0 Å². The molecule has 0 aliphatic rings. The van der Waals surface area contributed by atoms with Crippen molar-refractivity contribution < 1.29 is 52.2 Å². The minimum absolute atomic E-state index is 0.0657. The van der Waals surface area contributed by atoms with Crippen LogP contribution in [0.2, 0.25) is 0 Å². The number of hydrogen-bond donors (Lipinski definition) is 2. The number of ether oxygens (including phenoxy) is 3. The lowest BCUT2D eigenvalue weighted by Gasteiger charge is -2.21. The third kappa shape index (κ3) is 48.0. The van der Waals surface area contributed by atoms with Crippen molar-refractivity contribution in [1.29, 1.82) is 0 Å². The summed E-state index contributed by atoms with van der Waals surface area (Å²) >= 11 is 0. The van der Waals surface area contributed by atoms with E-state index in [1.54, 1.807) is 6.08 Å². The maximum atomic E-state index is 12.8. The highest BCUT2D eigenvalue weighted by Gasteiger charge is 2.28. The molecular weight excluding hydrogens is 880 g/mol. The molecule has 0 saturated heterocycles. The zero-order chi connectivity index (χ0) is 49.9. The molecule has 0 aliphatic heterocycles. The third-order valence-electron chi connectivity index (χ3n) is 11.1. The van der Waals surface area contributed by atoms with Crippen molar-refractivity contribution in [2.24, 2.45) is 0 Å². The highest BCUT2D eigenvalue weighted by atomic mass is 31.2. The molecular formula is C56H97O11P. The maximum absolute atomic E-state index is 12.8. The summed E-state index contributed by atoms with van der Waals surface area (Å²) in [5, 5.41) is 9.75. The molecule has 0 heterocycles. The van der Waals surface area contributed by atoms with Crippen LogP contribution in [0.15, 0.2) is 72.9 Å². The number of carbonyl (C=O) groups excluding carboxylic acids is 3. The van der Waals surface area contributed by atoms with Crippen molar-refractivity contribution in [3.63, 3.8) is 0 Å². The van der Waals surface area contributed by atoms with E-state index in [1.165, 1.54) is 96.3 Å². The first-order valence-electron chi connectivity index (χ1n) is 26.8. The minimum atomic E-state index is -4.76. The molecule has 0 saturated carbocycles. The van der Waals surface area contributed by atoms with Crippen LogP contribution in [-0.4, -0.2) is 66.5 Å². The molecule has 11 nitrogen and oxygen atoms in total. The highest BCUT2D eigenvalue weighted by molar-refractivity contribution is 7.47. The van der Waals surface area contributed by atoms with Crippen molar-refractivity contribution >= 4 is 25.7 Å². The minimum Gasteiger partial charge on any atom is -0.462 e. The molecule has 3 atom stereocenters. The fraction of sp³-hybridized carbons (Fsp3) is 0.732. The fourth-order valence-corrected chi connectivity index (χ4v) is 7.86. The van der Waals surface area contributed by atoms with Gasteiger partial charge in [-0.2, -0.15) is 0 Å². The second-order valence-electron chi connectivity index (χ2n) is 17.7. The van der Waals surface area contributed by atoms with Crippen LogP contribution in [0, 0.1) is 0 Å². The molecule has 0 aliphatic carbocycles. The van der Waals surface area contributed by atoms with Crippen LogP contribution in [0.4, 0.5) is 0 Å². The summed E-state index contributed by atoms with van der Waals surface area (Å²) in [5.74, 6) is -1.62. The average Bonchev–Trinajstić information content (AvgIpc) is 3.32. The zero-order valence-electron chi connectivity index (χ0n) is 43.1. The number of aliphatic hydroxyl groups excluding tert-OH is 1. The van der Waals surface area contributed by atoms with Crippen LogP contribution in [0.25, 0.3) is 0 Å². The van der Waals surface area contributed by atoms with Gasteiger partial charge < -0.3 is 24.2 Å². The molecule has 12 heteroatoms. The lowest BCUT2D eigenvalue weighted by molar-refractivity contribution is -0.160. The van der Waals surface area contributed by atoms with E-state index in [2.05, 4.69) is 69.4 Å². The van der Waals surface area contributed by atoms with Gasteiger partial charge in [-0.05, 0) is 70.6 Å². The normalized spacial score (nSPS) is 14.0. The number of phosphoric acid groups is 1. The van der Waals surface area contributed by atoms with E-state index in [4.69, 9.17) is 23.3 Å². The first kappa shape index (κ1) is 64.9. The molecule has 3 unspecified atom stereocenters. The van der Waals surface area contributed by atoms with Crippen LogP contribution in [0.1, 0.15) is 226 Å². The topological polar surface area (TPSA) is 155 Å². The number of phosphoric ester groups is 1. The number of carbonyl (C=O) groups is 3. The summed E-state index contributed by atoms with van der Waals surface area (Å²) in [5.41, 5.74) is 0. The van der Waals surface area contributed by atoms with Crippen LogP contribution in [0.5, 0.6) is 0 Å². The molecule has 0 rings (SSSR count). The first-order valence-corrected chi connectivity index (χ1v) is 28.3. The van der Waals surface area contributed by atoms with Gasteiger partial charge in [-0.3, -0.25) is 23.4 Å². The summed E-state index contributed by atoms with van der Waals surface area (Å²) in [6.45, 7) is 4.38. The van der Waals surface area contributed by atoms with Gasteiger partial charge in [0.05, 0.1) is 26.2 Å². The van der Waals surface area contributed by atoms with Crippen molar-refractivity contribution in [3.8, 4) is 0 Å². The molecule has 68 heavy (non-hydrogen) atoms. The van der Waals surface area contributed by atoms with Crippen molar-refractivity contribution in [3.05, 3.63) is 72.9 Å². The Bertz CT molecular complexity index is 1420. The van der Waals surface area contributed by atoms with E-state index in [-0.39, 0.29) is 25.9 Å². The molecule has 0 aromatic carbocycles. The molecule has 0 radical (unpaired) electrons. The maximum Gasteiger partial charge on any atom is 0.472 e. The molecule has 0 bridgehead atoms. The lowest BCUT2D eigenvalue weighted by atomic mass is 10.1. The van der Waals surface area contributed by atoms with Gasteiger partial charge in [-0.15, -0.1) is 0 Å². The second kappa shape index (κ2) is 50.3. The number of aliphatic hydroxyl groups is 1. The van der Waals surface area contributed by atoms with E-state index in [9.17, 15) is 28.9 Å². The molecule has 0 aromatic heterocycles. The van der Waals surface area contributed by atoms with Crippen molar-refractivity contribution in [2.75, 3.05) is 26.4 Å². The SMILES string of the molecule is CC/C=C\C/C=C\C/C=C\C/C=C\C/C=C\CC(=O)OC(COC(=O)CCCCCCCCC/C=C\CCCCCCCC)COP(=O)(O)OCC(CO)OC(=O)CCCCCCCCCCC. The van der Waals surface area contributed by atoms with E-state index in [0.29, 0.717) is 19.3 Å². The van der Waals surface area contributed by atoms with Gasteiger partial charge in [-0.25, -0.2) is 4.57 Å². The molecule has 0 spiro atoms. The van der Waals surface area contributed by atoms with E-state index in [0.717, 1.165) is 70.6 Å². The van der Waals surface area contributed by atoms with Crippen LogP contribution < -0.4 is 0 Å². The van der Waals surface area contributed by atoms with Gasteiger partial charge in [0.2, 0.25) is 0 Å². The summed E-state index contributed by atoms with van der Waals surface area (Å²) < 4.78 is 39.2.